The zero-order chi connectivity index (χ0) is 15.5. The predicted molar refractivity (Wildman–Crippen MR) is 77.7 cm³/mol. The number of carbonyl (C=O) groups is 2. The third kappa shape index (κ3) is 7.06. The van der Waals surface area contributed by atoms with Gasteiger partial charge in [0, 0.05) is 25.8 Å². The minimum absolute atomic E-state index is 0.322. The normalized spacial score (nSPS) is 17.0. The molecule has 0 aliphatic carbocycles. The number of nitrogens with one attached hydrogen (secondary N) is 1. The number of hydrogen-bond acceptors (Lipinski definition) is 6. The summed E-state index contributed by atoms with van der Waals surface area (Å²) in [6.07, 6.45) is 6.41. The van der Waals surface area contributed by atoms with Gasteiger partial charge in [-0.05, 0) is 31.4 Å². The van der Waals surface area contributed by atoms with E-state index in [1.165, 1.54) is 26.4 Å². The lowest BCUT2D eigenvalue weighted by Crippen LogP contribution is -2.28. The minimum Gasteiger partial charge on any atom is -0.466 e. The molecule has 0 unspecified atom stereocenters. The molecule has 6 heteroatoms. The minimum atomic E-state index is -0.514. The van der Waals surface area contributed by atoms with E-state index >= 15 is 0 Å². The first kappa shape index (κ1) is 17.4. The molecule has 0 amide bonds. The molecule has 118 valence electrons. The summed E-state index contributed by atoms with van der Waals surface area (Å²) < 4.78 is 14.5. The molecule has 0 bridgehead atoms. The fourth-order valence-electron chi connectivity index (χ4n) is 1.98. The van der Waals surface area contributed by atoms with Crippen molar-refractivity contribution in [2.45, 2.75) is 12.8 Å². The molecule has 6 nitrogen and oxygen atoms in total. The van der Waals surface area contributed by atoms with E-state index in [2.05, 4.69) is 14.8 Å². The Labute approximate surface area is 125 Å². The highest BCUT2D eigenvalue weighted by molar-refractivity contribution is 5.93. The molecule has 0 atom stereocenters. The Balaban J connectivity index is 2.43. The smallest absolute Gasteiger partial charge is 0.337 e. The quantitative estimate of drug-likeness (QED) is 0.325. The largest absolute Gasteiger partial charge is 0.466 e. The Kier molecular flexibility index (Phi) is 8.38. The maximum absolute atomic E-state index is 11.6. The summed E-state index contributed by atoms with van der Waals surface area (Å²) in [7, 11) is 2.58. The fraction of sp³-hybridized carbons (Fsp3) is 0.600. The van der Waals surface area contributed by atoms with Gasteiger partial charge in [-0.25, -0.2) is 9.59 Å². The van der Waals surface area contributed by atoms with E-state index in [0.717, 1.165) is 32.6 Å². The highest BCUT2D eigenvalue weighted by Gasteiger charge is 2.12. The van der Waals surface area contributed by atoms with Crippen LogP contribution in [0.25, 0.3) is 0 Å². The SMILES string of the molecule is COC(=O)C=CC(=CCNCC1CCOCC1)C(=O)OC. The Bertz CT molecular complexity index is 397. The first-order valence-electron chi connectivity index (χ1n) is 7.00. The summed E-state index contributed by atoms with van der Waals surface area (Å²) in [5.74, 6) is -0.387. The van der Waals surface area contributed by atoms with Gasteiger partial charge in [0.1, 0.15) is 0 Å². The van der Waals surface area contributed by atoms with Gasteiger partial charge in [-0.1, -0.05) is 6.08 Å². The van der Waals surface area contributed by atoms with E-state index in [0.29, 0.717) is 18.0 Å². The molecule has 0 aromatic rings. The molecule has 1 saturated heterocycles. The average Bonchev–Trinajstić information content (AvgIpc) is 2.54. The first-order valence-corrected chi connectivity index (χ1v) is 7.00. The molecular formula is C15H23NO5. The van der Waals surface area contributed by atoms with Gasteiger partial charge in [0.2, 0.25) is 0 Å². The number of carbonyl (C=O) groups excluding carboxylic acids is 2. The van der Waals surface area contributed by atoms with E-state index in [1.807, 2.05) is 0 Å². The number of methoxy groups -OCH3 is 2. The van der Waals surface area contributed by atoms with Crippen molar-refractivity contribution in [1.82, 2.24) is 5.32 Å². The van der Waals surface area contributed by atoms with Crippen LogP contribution < -0.4 is 5.32 Å². The van der Waals surface area contributed by atoms with Gasteiger partial charge < -0.3 is 19.5 Å². The molecule has 1 N–H and O–H groups in total. The molecule has 0 spiro atoms. The van der Waals surface area contributed by atoms with Crippen LogP contribution in [0.15, 0.2) is 23.8 Å². The Morgan fingerprint density at radius 1 is 1.19 bits per heavy atom. The van der Waals surface area contributed by atoms with Crippen molar-refractivity contribution in [1.29, 1.82) is 0 Å². The van der Waals surface area contributed by atoms with Crippen molar-refractivity contribution in [3.05, 3.63) is 23.8 Å². The monoisotopic (exact) mass is 297 g/mol. The Morgan fingerprint density at radius 3 is 2.52 bits per heavy atom. The third-order valence-corrected chi connectivity index (χ3v) is 3.26. The van der Waals surface area contributed by atoms with Gasteiger partial charge in [0.25, 0.3) is 0 Å². The molecule has 1 aliphatic rings. The summed E-state index contributed by atoms with van der Waals surface area (Å²) in [4.78, 5) is 22.6. The van der Waals surface area contributed by atoms with E-state index in [-0.39, 0.29) is 0 Å². The summed E-state index contributed by atoms with van der Waals surface area (Å²) in [6.45, 7) is 3.05. The number of hydrogen-bond donors (Lipinski definition) is 1. The van der Waals surface area contributed by atoms with Crippen molar-refractivity contribution < 1.29 is 23.8 Å². The highest BCUT2D eigenvalue weighted by Crippen LogP contribution is 2.13. The number of rotatable bonds is 7. The molecule has 1 aliphatic heterocycles. The Morgan fingerprint density at radius 2 is 1.90 bits per heavy atom. The first-order chi connectivity index (χ1) is 10.2. The zero-order valence-electron chi connectivity index (χ0n) is 12.6. The zero-order valence-corrected chi connectivity index (χ0v) is 12.6. The van der Waals surface area contributed by atoms with Crippen LogP contribution in [0.2, 0.25) is 0 Å². The van der Waals surface area contributed by atoms with Crippen molar-refractivity contribution in [2.24, 2.45) is 5.92 Å². The lowest BCUT2D eigenvalue weighted by molar-refractivity contribution is -0.135. The molecule has 1 heterocycles. The second kappa shape index (κ2) is 10.1. The summed E-state index contributed by atoms with van der Waals surface area (Å²) >= 11 is 0. The van der Waals surface area contributed by atoms with Gasteiger partial charge in [0.05, 0.1) is 19.8 Å². The molecular weight excluding hydrogens is 274 g/mol. The van der Waals surface area contributed by atoms with Crippen LogP contribution in [0.3, 0.4) is 0 Å². The lowest BCUT2D eigenvalue weighted by Gasteiger charge is -2.21. The topological polar surface area (TPSA) is 73.9 Å². The van der Waals surface area contributed by atoms with Crippen LogP contribution in [-0.4, -0.2) is 52.5 Å². The van der Waals surface area contributed by atoms with Crippen LogP contribution in [0.5, 0.6) is 0 Å². The lowest BCUT2D eigenvalue weighted by atomic mass is 10.0. The predicted octanol–water partition coefficient (Wildman–Crippen LogP) is 0.831. The molecule has 0 saturated carbocycles. The second-order valence-corrected chi connectivity index (χ2v) is 4.72. The van der Waals surface area contributed by atoms with Gasteiger partial charge >= 0.3 is 11.9 Å². The van der Waals surface area contributed by atoms with Crippen LogP contribution in [-0.2, 0) is 23.8 Å². The van der Waals surface area contributed by atoms with E-state index < -0.39 is 11.9 Å². The highest BCUT2D eigenvalue weighted by atomic mass is 16.5. The summed E-state index contributed by atoms with van der Waals surface area (Å²) in [5, 5.41) is 3.28. The van der Waals surface area contributed by atoms with Gasteiger partial charge in [-0.2, -0.15) is 0 Å². The second-order valence-electron chi connectivity index (χ2n) is 4.72. The molecule has 1 fully saturated rings. The summed E-state index contributed by atoms with van der Waals surface area (Å²) in [6, 6.07) is 0. The maximum Gasteiger partial charge on any atom is 0.337 e. The summed E-state index contributed by atoms with van der Waals surface area (Å²) in [5.41, 5.74) is 0.322. The van der Waals surface area contributed by atoms with Crippen LogP contribution in [0.1, 0.15) is 12.8 Å². The Hall–Kier alpha value is -1.66. The van der Waals surface area contributed by atoms with Gasteiger partial charge in [-0.3, -0.25) is 0 Å². The molecule has 21 heavy (non-hydrogen) atoms. The number of esters is 2. The van der Waals surface area contributed by atoms with Gasteiger partial charge in [0.15, 0.2) is 0 Å². The molecule has 1 rings (SSSR count). The van der Waals surface area contributed by atoms with E-state index in [4.69, 9.17) is 4.74 Å². The van der Waals surface area contributed by atoms with E-state index in [9.17, 15) is 9.59 Å². The standard InChI is InChI=1S/C15H23NO5/c1-19-14(17)4-3-13(15(18)20-2)5-8-16-11-12-6-9-21-10-7-12/h3-5,12,16H,6-11H2,1-2H3. The average molecular weight is 297 g/mol. The van der Waals surface area contributed by atoms with E-state index in [1.54, 1.807) is 6.08 Å². The maximum atomic E-state index is 11.6. The van der Waals surface area contributed by atoms with Crippen molar-refractivity contribution in [3.63, 3.8) is 0 Å². The molecule has 0 aromatic heterocycles. The van der Waals surface area contributed by atoms with Crippen molar-refractivity contribution in [3.8, 4) is 0 Å². The fourth-order valence-corrected chi connectivity index (χ4v) is 1.98. The number of ether oxygens (including phenoxy) is 3. The van der Waals surface area contributed by atoms with Crippen molar-refractivity contribution >= 4 is 11.9 Å². The van der Waals surface area contributed by atoms with Crippen LogP contribution >= 0.6 is 0 Å². The van der Waals surface area contributed by atoms with Crippen LogP contribution in [0, 0.1) is 5.92 Å². The third-order valence-electron chi connectivity index (χ3n) is 3.26. The molecule has 0 radical (unpaired) electrons. The van der Waals surface area contributed by atoms with Crippen LogP contribution in [0.4, 0.5) is 0 Å². The van der Waals surface area contributed by atoms with Gasteiger partial charge in [-0.15, -0.1) is 0 Å². The van der Waals surface area contributed by atoms with Crippen molar-refractivity contribution in [2.75, 3.05) is 40.5 Å². The molecule has 0 aromatic carbocycles.